The van der Waals surface area contributed by atoms with Crippen molar-refractivity contribution in [1.82, 2.24) is 0 Å². The summed E-state index contributed by atoms with van der Waals surface area (Å²) in [4.78, 5) is 70.0. The van der Waals surface area contributed by atoms with Crippen LogP contribution >= 0.6 is 0 Å². The van der Waals surface area contributed by atoms with Gasteiger partial charge in [0.05, 0.1) is 0 Å². The van der Waals surface area contributed by atoms with Crippen molar-refractivity contribution < 1.29 is 57.6 Å². The Bertz CT molecular complexity index is 970. The van der Waals surface area contributed by atoms with Crippen molar-refractivity contribution in [2.45, 2.75) is 71.9 Å². The minimum absolute atomic E-state index is 0.0304. The second-order valence-electron chi connectivity index (χ2n) is 7.84. The molecule has 0 saturated heterocycles. The Labute approximate surface area is 207 Å². The van der Waals surface area contributed by atoms with Crippen LogP contribution in [0.15, 0.2) is 18.2 Å². The lowest BCUT2D eigenvalue weighted by Gasteiger charge is -2.35. The first-order valence-corrected chi connectivity index (χ1v) is 10.9. The van der Waals surface area contributed by atoms with Crippen LogP contribution in [0.1, 0.15) is 57.0 Å². The van der Waals surface area contributed by atoms with E-state index in [0.29, 0.717) is 11.8 Å². The topological polar surface area (TPSA) is 169 Å². The van der Waals surface area contributed by atoms with Crippen LogP contribution in [0.25, 0.3) is 0 Å². The van der Waals surface area contributed by atoms with E-state index < -0.39 is 60.9 Å². The first kappa shape index (κ1) is 30.1. The molecule has 1 aromatic carbocycles. The summed E-state index contributed by atoms with van der Waals surface area (Å²) in [6.07, 6.45) is -5.04. The molecule has 0 radical (unpaired) electrons. The summed E-state index contributed by atoms with van der Waals surface area (Å²) in [6.45, 7) is 4.87. The van der Waals surface area contributed by atoms with E-state index >= 15 is 0 Å². The molecule has 0 aromatic heterocycles. The van der Waals surface area contributed by atoms with Gasteiger partial charge in [0.2, 0.25) is 0 Å². The Morgan fingerprint density at radius 1 is 0.750 bits per heavy atom. The maximum absolute atomic E-state index is 12.0. The van der Waals surface area contributed by atoms with Crippen LogP contribution in [0.3, 0.4) is 0 Å². The number of hydrogen-bond donors (Lipinski definition) is 1. The predicted octanol–water partition coefficient (Wildman–Crippen LogP) is 1.43. The lowest BCUT2D eigenvalue weighted by molar-refractivity contribution is -0.203. The summed E-state index contributed by atoms with van der Waals surface area (Å²) in [5, 5.41) is 9.85. The van der Waals surface area contributed by atoms with Crippen LogP contribution in [-0.2, 0) is 54.1 Å². The number of benzene rings is 1. The minimum Gasteiger partial charge on any atom is -0.508 e. The molecule has 12 heteroatoms. The monoisotopic (exact) mass is 510 g/mol. The molecule has 0 aliphatic rings. The van der Waals surface area contributed by atoms with E-state index in [9.17, 15) is 33.9 Å². The second-order valence-corrected chi connectivity index (χ2v) is 7.84. The van der Waals surface area contributed by atoms with Crippen LogP contribution in [0.4, 0.5) is 0 Å². The van der Waals surface area contributed by atoms with Gasteiger partial charge in [-0.05, 0) is 36.6 Å². The number of ether oxygens (including phenoxy) is 5. The summed E-state index contributed by atoms with van der Waals surface area (Å²) in [7, 11) is 0. The number of carbonyl (C=O) groups is 6. The Balaban J connectivity index is 3.45. The van der Waals surface area contributed by atoms with E-state index in [2.05, 4.69) is 0 Å². The molecule has 1 N–H and O–H groups in total. The summed E-state index contributed by atoms with van der Waals surface area (Å²) >= 11 is 0. The van der Waals surface area contributed by atoms with Gasteiger partial charge in [-0.2, -0.15) is 0 Å². The van der Waals surface area contributed by atoms with Gasteiger partial charge in [-0.25, -0.2) is 0 Å². The van der Waals surface area contributed by atoms with E-state index in [1.807, 2.05) is 0 Å². The van der Waals surface area contributed by atoms with Crippen molar-refractivity contribution in [3.8, 4) is 5.75 Å². The fraction of sp³-hybridized carbons (Fsp3) is 0.500. The standard InChI is InChI=1S/C24H30O12/c1-13(26)32-12-22(34-15(3)28)24(36-17(5)30)23(35-16(4)29)21(33-14(2)27)7-6-18-8-19(11-25)10-20(31)9-18/h8-11,21-24,31H,6-7,12H2,1-5H3/t21-,22-,23-,24-/m1/s1. The second kappa shape index (κ2) is 14.4. The molecule has 0 aliphatic carbocycles. The third kappa shape index (κ3) is 11.0. The number of phenols is 1. The highest BCUT2D eigenvalue weighted by Gasteiger charge is 2.43. The Morgan fingerprint density at radius 3 is 1.72 bits per heavy atom. The summed E-state index contributed by atoms with van der Waals surface area (Å²) < 4.78 is 26.2. The van der Waals surface area contributed by atoms with E-state index in [-0.39, 0.29) is 24.2 Å². The first-order valence-electron chi connectivity index (χ1n) is 10.9. The number of carbonyl (C=O) groups excluding carboxylic acids is 6. The molecule has 4 atom stereocenters. The number of aldehydes is 1. The molecule has 1 aromatic rings. The van der Waals surface area contributed by atoms with Gasteiger partial charge >= 0.3 is 29.8 Å². The molecule has 0 fully saturated rings. The van der Waals surface area contributed by atoms with Crippen molar-refractivity contribution in [2.24, 2.45) is 0 Å². The third-order valence-corrected chi connectivity index (χ3v) is 4.60. The molecule has 0 amide bonds. The predicted molar refractivity (Wildman–Crippen MR) is 121 cm³/mol. The highest BCUT2D eigenvalue weighted by Crippen LogP contribution is 2.24. The molecule has 12 nitrogen and oxygen atoms in total. The van der Waals surface area contributed by atoms with Gasteiger partial charge < -0.3 is 28.8 Å². The number of aryl methyl sites for hydroxylation is 1. The summed E-state index contributed by atoms with van der Waals surface area (Å²) in [6, 6.07) is 4.16. The van der Waals surface area contributed by atoms with E-state index in [1.165, 1.54) is 18.2 Å². The molecule has 198 valence electrons. The zero-order valence-electron chi connectivity index (χ0n) is 20.7. The van der Waals surface area contributed by atoms with Gasteiger partial charge in [-0.1, -0.05) is 0 Å². The molecule has 36 heavy (non-hydrogen) atoms. The van der Waals surface area contributed by atoms with Crippen molar-refractivity contribution in [3.05, 3.63) is 29.3 Å². The number of aromatic hydroxyl groups is 1. The van der Waals surface area contributed by atoms with E-state index in [4.69, 9.17) is 23.7 Å². The van der Waals surface area contributed by atoms with Crippen LogP contribution < -0.4 is 0 Å². The Hall–Kier alpha value is -3.96. The van der Waals surface area contributed by atoms with Gasteiger partial charge in [0.1, 0.15) is 24.7 Å². The van der Waals surface area contributed by atoms with Gasteiger partial charge in [-0.15, -0.1) is 0 Å². The first-order chi connectivity index (χ1) is 16.8. The molecule has 0 bridgehead atoms. The van der Waals surface area contributed by atoms with Crippen molar-refractivity contribution in [1.29, 1.82) is 0 Å². The molecule has 1 rings (SSSR count). The maximum atomic E-state index is 12.0. The fourth-order valence-electron chi connectivity index (χ4n) is 3.43. The normalized spacial score (nSPS) is 13.8. The van der Waals surface area contributed by atoms with Crippen molar-refractivity contribution in [2.75, 3.05) is 6.61 Å². The van der Waals surface area contributed by atoms with Gasteiger partial charge in [0, 0.05) is 40.2 Å². The number of esters is 5. The molecular formula is C24H30O12. The van der Waals surface area contributed by atoms with Crippen LogP contribution in [0.2, 0.25) is 0 Å². The fourth-order valence-corrected chi connectivity index (χ4v) is 3.43. The largest absolute Gasteiger partial charge is 0.508 e. The molecule has 0 spiro atoms. The zero-order chi connectivity index (χ0) is 27.4. The molecule has 0 unspecified atom stereocenters. The zero-order valence-corrected chi connectivity index (χ0v) is 20.7. The number of phenolic OH excluding ortho intramolecular Hbond substituents is 1. The maximum Gasteiger partial charge on any atom is 0.303 e. The number of rotatable bonds is 13. The van der Waals surface area contributed by atoms with Crippen LogP contribution in [-0.4, -0.2) is 72.3 Å². The highest BCUT2D eigenvalue weighted by atomic mass is 16.6. The third-order valence-electron chi connectivity index (χ3n) is 4.60. The highest BCUT2D eigenvalue weighted by molar-refractivity contribution is 5.76. The lowest BCUT2D eigenvalue weighted by atomic mass is 9.96. The van der Waals surface area contributed by atoms with E-state index in [1.54, 1.807) is 0 Å². The SMILES string of the molecule is CC(=O)OC[C@@H](OC(C)=O)[C@@H](OC(C)=O)[C@H](OC(C)=O)[C@@H](CCc1cc(O)cc(C=O)c1)OC(C)=O. The van der Waals surface area contributed by atoms with Crippen molar-refractivity contribution in [3.63, 3.8) is 0 Å². The smallest absolute Gasteiger partial charge is 0.303 e. The average Bonchev–Trinajstić information content (AvgIpc) is 2.75. The van der Waals surface area contributed by atoms with Gasteiger partial charge in [0.25, 0.3) is 0 Å². The summed E-state index contributed by atoms with van der Waals surface area (Å²) in [5.41, 5.74) is 0.705. The van der Waals surface area contributed by atoms with Crippen LogP contribution in [0.5, 0.6) is 5.75 Å². The molecule has 0 aliphatic heterocycles. The minimum atomic E-state index is -1.53. The van der Waals surface area contributed by atoms with E-state index in [0.717, 1.165) is 34.6 Å². The quantitative estimate of drug-likeness (QED) is 0.230. The number of hydrogen-bond acceptors (Lipinski definition) is 12. The van der Waals surface area contributed by atoms with Gasteiger partial charge in [-0.3, -0.25) is 28.8 Å². The van der Waals surface area contributed by atoms with Crippen molar-refractivity contribution >= 4 is 36.1 Å². The Kier molecular flexibility index (Phi) is 12.1. The lowest BCUT2D eigenvalue weighted by Crippen LogP contribution is -2.53. The molecule has 0 heterocycles. The average molecular weight is 510 g/mol. The molecule has 0 saturated carbocycles. The van der Waals surface area contributed by atoms with Gasteiger partial charge in [0.15, 0.2) is 18.3 Å². The molecular weight excluding hydrogens is 480 g/mol. The van der Waals surface area contributed by atoms with Crippen LogP contribution in [0, 0.1) is 0 Å². The summed E-state index contributed by atoms with van der Waals surface area (Å²) in [5.74, 6) is -4.12. The Morgan fingerprint density at radius 2 is 1.25 bits per heavy atom.